The van der Waals surface area contributed by atoms with Gasteiger partial charge in [0.15, 0.2) is 21.3 Å². The van der Waals surface area contributed by atoms with E-state index in [-0.39, 0.29) is 22.1 Å². The fourth-order valence-electron chi connectivity index (χ4n) is 3.65. The second-order valence-electron chi connectivity index (χ2n) is 7.31. The van der Waals surface area contributed by atoms with Crippen molar-refractivity contribution in [1.29, 1.82) is 0 Å². The highest BCUT2D eigenvalue weighted by molar-refractivity contribution is 7.91. The number of hydrogen-bond acceptors (Lipinski definition) is 6. The highest BCUT2D eigenvalue weighted by Gasteiger charge is 2.28. The number of carboxylic acid groups (broad SMARTS) is 1. The van der Waals surface area contributed by atoms with Crippen LogP contribution in [0, 0.1) is 0 Å². The van der Waals surface area contributed by atoms with Crippen LogP contribution in [0.15, 0.2) is 51.8 Å². The molecule has 3 aromatic rings. The van der Waals surface area contributed by atoms with E-state index in [2.05, 4.69) is 9.88 Å². The summed E-state index contributed by atoms with van der Waals surface area (Å²) in [4.78, 5) is 18.1. The van der Waals surface area contributed by atoms with E-state index < -0.39 is 15.8 Å². The maximum Gasteiger partial charge on any atom is 0.335 e. The molecule has 0 saturated carbocycles. The maximum atomic E-state index is 12.1. The van der Waals surface area contributed by atoms with Crippen molar-refractivity contribution in [2.24, 2.45) is 0 Å². The molecule has 1 aliphatic rings. The zero-order chi connectivity index (χ0) is 20.6. The Morgan fingerprint density at radius 2 is 2.00 bits per heavy atom. The molecule has 7 nitrogen and oxygen atoms in total. The van der Waals surface area contributed by atoms with Gasteiger partial charge in [-0.1, -0.05) is 19.1 Å². The topological polar surface area (TPSA) is 101 Å². The lowest BCUT2D eigenvalue weighted by atomic mass is 10.1. The van der Waals surface area contributed by atoms with Gasteiger partial charge in [-0.25, -0.2) is 18.2 Å². The summed E-state index contributed by atoms with van der Waals surface area (Å²) in [6.07, 6.45) is 0.903. The average Bonchev–Trinajstić information content (AvgIpc) is 3.34. The van der Waals surface area contributed by atoms with Crippen LogP contribution >= 0.6 is 0 Å². The highest BCUT2D eigenvalue weighted by atomic mass is 32.2. The average molecular weight is 414 g/mol. The van der Waals surface area contributed by atoms with Crippen LogP contribution in [0.25, 0.3) is 11.1 Å². The van der Waals surface area contributed by atoms with Crippen molar-refractivity contribution in [3.05, 3.63) is 59.5 Å². The first-order valence-electron chi connectivity index (χ1n) is 9.53. The first-order chi connectivity index (χ1) is 13.9. The number of rotatable bonds is 6. The zero-order valence-corrected chi connectivity index (χ0v) is 16.9. The first kappa shape index (κ1) is 19.6. The molecule has 2 heterocycles. The van der Waals surface area contributed by atoms with E-state index in [0.29, 0.717) is 17.0 Å². The Kier molecular flexibility index (Phi) is 5.14. The van der Waals surface area contributed by atoms with Crippen LogP contribution in [0.5, 0.6) is 0 Å². The van der Waals surface area contributed by atoms with Crippen molar-refractivity contribution in [1.82, 2.24) is 9.88 Å². The molecule has 1 atom stereocenters. The lowest BCUT2D eigenvalue weighted by Crippen LogP contribution is -2.19. The molecule has 0 radical (unpaired) electrons. The molecule has 0 unspecified atom stereocenters. The minimum absolute atomic E-state index is 0.0498. The summed E-state index contributed by atoms with van der Waals surface area (Å²) in [7, 11) is -3.28. The van der Waals surface area contributed by atoms with E-state index in [9.17, 15) is 13.2 Å². The molecule has 0 spiro atoms. The highest BCUT2D eigenvalue weighted by Crippen LogP contribution is 2.31. The van der Waals surface area contributed by atoms with Crippen LogP contribution < -0.4 is 0 Å². The molecule has 1 aromatic heterocycles. The fourth-order valence-corrected chi connectivity index (χ4v) is 4.55. The Morgan fingerprint density at radius 1 is 1.24 bits per heavy atom. The summed E-state index contributed by atoms with van der Waals surface area (Å²) < 4.78 is 30.1. The van der Waals surface area contributed by atoms with E-state index in [1.54, 1.807) is 37.3 Å². The van der Waals surface area contributed by atoms with Crippen LogP contribution in [0.4, 0.5) is 0 Å². The van der Waals surface area contributed by atoms with Gasteiger partial charge in [0.25, 0.3) is 0 Å². The number of carbonyl (C=O) groups is 1. The van der Waals surface area contributed by atoms with Crippen LogP contribution in [-0.4, -0.2) is 48.2 Å². The summed E-state index contributed by atoms with van der Waals surface area (Å²) in [6, 6.07) is 11.7. The van der Waals surface area contributed by atoms with Crippen molar-refractivity contribution in [3.63, 3.8) is 0 Å². The minimum Gasteiger partial charge on any atom is -0.478 e. The van der Waals surface area contributed by atoms with Crippen LogP contribution in [-0.2, 0) is 16.4 Å². The number of aromatic carboxylic acids is 1. The van der Waals surface area contributed by atoms with Crippen molar-refractivity contribution in [3.8, 4) is 0 Å². The molecule has 2 aromatic carbocycles. The number of oxazole rings is 1. The number of likely N-dealkylation sites (tertiary alicyclic amines) is 1. The largest absolute Gasteiger partial charge is 0.478 e. The van der Waals surface area contributed by atoms with Crippen molar-refractivity contribution < 1.29 is 22.7 Å². The molecule has 0 amide bonds. The zero-order valence-electron chi connectivity index (χ0n) is 16.0. The Morgan fingerprint density at radius 3 is 2.69 bits per heavy atom. The quantitative estimate of drug-likeness (QED) is 0.660. The van der Waals surface area contributed by atoms with E-state index in [1.165, 1.54) is 0 Å². The van der Waals surface area contributed by atoms with Crippen molar-refractivity contribution in [2.75, 3.05) is 18.8 Å². The van der Waals surface area contributed by atoms with Gasteiger partial charge in [-0.3, -0.25) is 4.90 Å². The molecular formula is C21H22N2O5S. The molecule has 4 rings (SSSR count). The predicted molar refractivity (Wildman–Crippen MR) is 108 cm³/mol. The molecule has 1 saturated heterocycles. The molecule has 29 heavy (non-hydrogen) atoms. The number of nitrogens with zero attached hydrogens (tertiary/aromatic N) is 2. The van der Waals surface area contributed by atoms with Crippen LogP contribution in [0.1, 0.15) is 41.1 Å². The monoisotopic (exact) mass is 414 g/mol. The second kappa shape index (κ2) is 7.61. The van der Waals surface area contributed by atoms with Gasteiger partial charge in [-0.05, 0) is 48.9 Å². The lowest BCUT2D eigenvalue weighted by molar-refractivity contribution is 0.0697. The lowest BCUT2D eigenvalue weighted by Gasteiger charge is -2.15. The van der Waals surface area contributed by atoms with E-state index in [1.807, 2.05) is 12.1 Å². The third kappa shape index (κ3) is 4.04. The number of sulfone groups is 1. The number of benzene rings is 2. The summed E-state index contributed by atoms with van der Waals surface area (Å²) >= 11 is 0. The maximum absolute atomic E-state index is 12.1. The Hall–Kier alpha value is -2.71. The Bertz CT molecular complexity index is 1150. The van der Waals surface area contributed by atoms with Gasteiger partial charge in [-0.2, -0.15) is 0 Å². The Labute approximate surface area is 168 Å². The molecule has 1 N–H and O–H groups in total. The SMILES string of the molecule is CCS(=O)(=O)c1ccc2oc([C@@H]3CCN(Cc4ccc(C(=O)O)cc4)C3)nc2c1. The van der Waals surface area contributed by atoms with Crippen molar-refractivity contribution >= 4 is 26.9 Å². The van der Waals surface area contributed by atoms with E-state index >= 15 is 0 Å². The first-order valence-corrected chi connectivity index (χ1v) is 11.2. The van der Waals surface area contributed by atoms with Gasteiger partial charge >= 0.3 is 5.97 Å². The third-order valence-electron chi connectivity index (χ3n) is 5.34. The second-order valence-corrected chi connectivity index (χ2v) is 9.59. The molecular weight excluding hydrogens is 392 g/mol. The van der Waals surface area contributed by atoms with Gasteiger partial charge in [0.05, 0.1) is 16.2 Å². The van der Waals surface area contributed by atoms with Gasteiger partial charge in [0.1, 0.15) is 5.52 Å². The summed E-state index contributed by atoms with van der Waals surface area (Å²) in [5, 5.41) is 9.00. The van der Waals surface area contributed by atoms with Crippen LogP contribution in [0.2, 0.25) is 0 Å². The predicted octanol–water partition coefficient (Wildman–Crippen LogP) is 3.31. The van der Waals surface area contributed by atoms with Gasteiger partial charge in [0, 0.05) is 19.0 Å². The molecule has 152 valence electrons. The van der Waals surface area contributed by atoms with Gasteiger partial charge in [-0.15, -0.1) is 0 Å². The minimum atomic E-state index is -3.28. The Balaban J connectivity index is 1.47. The van der Waals surface area contributed by atoms with E-state index in [0.717, 1.165) is 31.6 Å². The van der Waals surface area contributed by atoms with Crippen LogP contribution in [0.3, 0.4) is 0 Å². The van der Waals surface area contributed by atoms with Gasteiger partial charge in [0.2, 0.25) is 0 Å². The molecule has 8 heteroatoms. The summed E-state index contributed by atoms with van der Waals surface area (Å²) in [5.41, 5.74) is 2.50. The fraction of sp³-hybridized carbons (Fsp3) is 0.333. The number of hydrogen-bond donors (Lipinski definition) is 1. The standard InChI is InChI=1S/C21H22N2O5S/c1-2-29(26,27)17-7-8-19-18(11-17)22-20(28-19)16-9-10-23(13-16)12-14-3-5-15(6-4-14)21(24)25/h3-8,11,16H,2,9-10,12-13H2,1H3,(H,24,25)/t16-/m1/s1. The molecule has 1 fully saturated rings. The molecule has 0 aliphatic carbocycles. The molecule has 0 bridgehead atoms. The normalized spacial score (nSPS) is 17.8. The summed E-state index contributed by atoms with van der Waals surface area (Å²) in [6.45, 7) is 4.03. The third-order valence-corrected chi connectivity index (χ3v) is 7.08. The number of fused-ring (bicyclic) bond motifs is 1. The summed E-state index contributed by atoms with van der Waals surface area (Å²) in [5.74, 6) is -0.0980. The number of carboxylic acids is 1. The van der Waals surface area contributed by atoms with E-state index in [4.69, 9.17) is 9.52 Å². The number of aromatic nitrogens is 1. The van der Waals surface area contributed by atoms with Crippen molar-refractivity contribution in [2.45, 2.75) is 30.7 Å². The van der Waals surface area contributed by atoms with Gasteiger partial charge < -0.3 is 9.52 Å². The smallest absolute Gasteiger partial charge is 0.335 e. The molecule has 1 aliphatic heterocycles.